The van der Waals surface area contributed by atoms with Gasteiger partial charge in [-0.15, -0.1) is 0 Å². The van der Waals surface area contributed by atoms with Gasteiger partial charge in [-0.2, -0.15) is 0 Å². The van der Waals surface area contributed by atoms with E-state index in [1.807, 2.05) is 6.07 Å². The van der Waals surface area contributed by atoms with Crippen LogP contribution in [0.3, 0.4) is 0 Å². The molecule has 30 heavy (non-hydrogen) atoms. The van der Waals surface area contributed by atoms with Crippen molar-refractivity contribution in [3.05, 3.63) is 70.7 Å². The lowest BCUT2D eigenvalue weighted by atomic mass is 9.87. The monoisotopic (exact) mass is 404 g/mol. The van der Waals surface area contributed by atoms with Crippen molar-refractivity contribution < 1.29 is 18.7 Å². The molecule has 0 saturated carbocycles. The van der Waals surface area contributed by atoms with Crippen LogP contribution >= 0.6 is 0 Å². The number of fused-ring (bicyclic) bond motifs is 3. The van der Waals surface area contributed by atoms with Crippen molar-refractivity contribution in [2.75, 3.05) is 10.6 Å². The van der Waals surface area contributed by atoms with E-state index in [2.05, 4.69) is 10.6 Å². The van der Waals surface area contributed by atoms with E-state index >= 15 is 0 Å². The zero-order valence-corrected chi connectivity index (χ0v) is 16.7. The smallest absolute Gasteiger partial charge is 0.336 e. The summed E-state index contributed by atoms with van der Waals surface area (Å²) in [6, 6.07) is 13.6. The molecule has 7 nitrogen and oxygen atoms in total. The molecule has 1 aromatic heterocycles. The van der Waals surface area contributed by atoms with Crippen LogP contribution in [0.15, 0.2) is 63.9 Å². The van der Waals surface area contributed by atoms with Crippen molar-refractivity contribution in [2.24, 2.45) is 0 Å². The van der Waals surface area contributed by atoms with Crippen molar-refractivity contribution in [3.8, 4) is 5.75 Å². The highest BCUT2D eigenvalue weighted by Crippen LogP contribution is 2.41. The number of amides is 1. The Morgan fingerprint density at radius 3 is 2.43 bits per heavy atom. The van der Waals surface area contributed by atoms with Gasteiger partial charge in [0.2, 0.25) is 11.7 Å². The molecule has 0 unspecified atom stereocenters. The maximum atomic E-state index is 13.2. The van der Waals surface area contributed by atoms with Gasteiger partial charge in [-0.3, -0.25) is 9.59 Å². The molecular weight excluding hydrogens is 384 g/mol. The highest BCUT2D eigenvalue weighted by Gasteiger charge is 2.40. The average molecular weight is 404 g/mol. The van der Waals surface area contributed by atoms with Gasteiger partial charge >= 0.3 is 5.63 Å². The van der Waals surface area contributed by atoms with E-state index in [9.17, 15) is 14.4 Å². The van der Waals surface area contributed by atoms with Gasteiger partial charge in [0.05, 0.1) is 22.5 Å². The summed E-state index contributed by atoms with van der Waals surface area (Å²) < 4.78 is 11.3. The van der Waals surface area contributed by atoms with Crippen molar-refractivity contribution in [3.63, 3.8) is 0 Å². The Hall–Kier alpha value is -3.87. The molecule has 0 spiro atoms. The number of nitrogens with one attached hydrogen (secondary N) is 2. The lowest BCUT2D eigenvalue weighted by Crippen LogP contribution is -2.42. The number of ketones is 1. The standard InChI is InChI=1S/C23H20N2O5/c1-13(26)25-17-7-5-4-6-16(17)24-12-15-20-18(30-23(2,3)22(15)28)10-8-14-9-11-19(27)29-21(14)20/h4-12,24H,1-3H3,(H,25,26). The molecular formula is C23H20N2O5. The number of benzene rings is 2. The topological polar surface area (TPSA) is 97.6 Å². The highest BCUT2D eigenvalue weighted by atomic mass is 16.5. The lowest BCUT2D eigenvalue weighted by molar-refractivity contribution is -0.126. The number of hydrogen-bond acceptors (Lipinski definition) is 6. The van der Waals surface area contributed by atoms with E-state index in [4.69, 9.17) is 9.15 Å². The number of rotatable bonds is 3. The molecule has 0 bridgehead atoms. The number of carbonyl (C=O) groups excluding carboxylic acids is 2. The van der Waals surface area contributed by atoms with Crippen LogP contribution in [-0.2, 0) is 9.59 Å². The molecule has 0 fully saturated rings. The minimum Gasteiger partial charge on any atom is -0.479 e. The molecule has 1 aliphatic rings. The molecule has 0 radical (unpaired) electrons. The largest absolute Gasteiger partial charge is 0.479 e. The predicted molar refractivity (Wildman–Crippen MR) is 115 cm³/mol. The second-order valence-corrected chi connectivity index (χ2v) is 7.48. The molecule has 2 heterocycles. The number of Topliss-reactive ketones (excluding diaryl/α,β-unsaturated/α-hetero) is 1. The highest BCUT2D eigenvalue weighted by molar-refractivity contribution is 6.28. The van der Waals surface area contributed by atoms with E-state index in [-0.39, 0.29) is 17.3 Å². The normalized spacial score (nSPS) is 16.1. The number of hydrogen-bond donors (Lipinski definition) is 2. The molecule has 2 aromatic carbocycles. The number of para-hydroxylation sites is 2. The summed E-state index contributed by atoms with van der Waals surface area (Å²) in [6.07, 6.45) is 1.55. The van der Waals surface area contributed by atoms with Gasteiger partial charge in [-0.25, -0.2) is 4.79 Å². The van der Waals surface area contributed by atoms with E-state index in [1.54, 1.807) is 56.4 Å². The molecule has 1 amide bonds. The summed E-state index contributed by atoms with van der Waals surface area (Å²) in [7, 11) is 0. The van der Waals surface area contributed by atoms with Crippen LogP contribution in [0.2, 0.25) is 0 Å². The summed E-state index contributed by atoms with van der Waals surface area (Å²) in [6.45, 7) is 4.79. The average Bonchev–Trinajstić information content (AvgIpc) is 2.68. The Labute approximate surface area is 172 Å². The lowest BCUT2D eigenvalue weighted by Gasteiger charge is -2.32. The Morgan fingerprint density at radius 2 is 1.70 bits per heavy atom. The van der Waals surface area contributed by atoms with Gasteiger partial charge in [0, 0.05) is 24.6 Å². The van der Waals surface area contributed by atoms with Crippen molar-refractivity contribution >= 4 is 39.6 Å². The first-order chi connectivity index (χ1) is 14.3. The molecule has 0 aliphatic carbocycles. The zero-order chi connectivity index (χ0) is 21.5. The van der Waals surface area contributed by atoms with E-state index in [0.29, 0.717) is 33.6 Å². The quantitative estimate of drug-likeness (QED) is 0.507. The molecule has 7 heteroatoms. The fourth-order valence-electron chi connectivity index (χ4n) is 3.41. The first-order valence-electron chi connectivity index (χ1n) is 9.40. The van der Waals surface area contributed by atoms with Gasteiger partial charge in [0.1, 0.15) is 11.3 Å². The summed E-state index contributed by atoms with van der Waals surface area (Å²) in [5.74, 6) is -0.0264. The molecule has 152 valence electrons. The maximum Gasteiger partial charge on any atom is 0.336 e. The Morgan fingerprint density at radius 1 is 1.00 bits per heavy atom. The van der Waals surface area contributed by atoms with Crippen molar-refractivity contribution in [1.82, 2.24) is 0 Å². The number of anilines is 2. The van der Waals surface area contributed by atoms with Crippen LogP contribution in [0.1, 0.15) is 26.3 Å². The van der Waals surface area contributed by atoms with Crippen LogP contribution in [-0.4, -0.2) is 17.3 Å². The van der Waals surface area contributed by atoms with Crippen LogP contribution < -0.4 is 21.0 Å². The van der Waals surface area contributed by atoms with Gasteiger partial charge in [0.25, 0.3) is 0 Å². The SMILES string of the molecule is CC(=O)Nc1ccccc1NC=C1C(=O)C(C)(C)Oc2ccc3ccc(=O)oc3c21. The number of carbonyl (C=O) groups is 2. The van der Waals surface area contributed by atoms with Gasteiger partial charge in [-0.05, 0) is 44.2 Å². The third-order valence-electron chi connectivity index (χ3n) is 4.79. The van der Waals surface area contributed by atoms with Crippen LogP contribution in [0.5, 0.6) is 5.75 Å². The third-order valence-corrected chi connectivity index (χ3v) is 4.79. The van der Waals surface area contributed by atoms with Crippen molar-refractivity contribution in [1.29, 1.82) is 0 Å². The molecule has 3 aromatic rings. The minimum absolute atomic E-state index is 0.210. The third kappa shape index (κ3) is 3.45. The van der Waals surface area contributed by atoms with Gasteiger partial charge in [-0.1, -0.05) is 12.1 Å². The second kappa shape index (κ2) is 7.18. The molecule has 4 rings (SSSR count). The van der Waals surface area contributed by atoms with Gasteiger partial charge < -0.3 is 19.8 Å². The minimum atomic E-state index is -1.10. The summed E-state index contributed by atoms with van der Waals surface area (Å²) in [5.41, 5.74) is 0.590. The second-order valence-electron chi connectivity index (χ2n) is 7.48. The fraction of sp³-hybridized carbons (Fsp3) is 0.174. The Kier molecular flexibility index (Phi) is 4.66. The predicted octanol–water partition coefficient (Wildman–Crippen LogP) is 3.94. The summed E-state index contributed by atoms with van der Waals surface area (Å²) in [4.78, 5) is 36.5. The molecule has 0 saturated heterocycles. The number of ether oxygens (including phenoxy) is 1. The summed E-state index contributed by atoms with van der Waals surface area (Å²) >= 11 is 0. The maximum absolute atomic E-state index is 13.2. The van der Waals surface area contributed by atoms with Crippen molar-refractivity contribution in [2.45, 2.75) is 26.4 Å². The molecule has 0 atom stereocenters. The van der Waals surface area contributed by atoms with Crippen LogP contribution in [0, 0.1) is 0 Å². The molecule has 2 N–H and O–H groups in total. The fourth-order valence-corrected chi connectivity index (χ4v) is 3.41. The van der Waals surface area contributed by atoms with Crippen LogP contribution in [0.4, 0.5) is 11.4 Å². The first kappa shape index (κ1) is 19.4. The van der Waals surface area contributed by atoms with E-state index < -0.39 is 11.2 Å². The Bertz CT molecular complexity index is 1270. The first-order valence-corrected chi connectivity index (χ1v) is 9.40. The zero-order valence-electron chi connectivity index (χ0n) is 16.7. The molecule has 1 aliphatic heterocycles. The summed E-state index contributed by atoms with van der Waals surface area (Å²) in [5, 5.41) is 6.52. The van der Waals surface area contributed by atoms with E-state index in [1.165, 1.54) is 13.0 Å². The van der Waals surface area contributed by atoms with Gasteiger partial charge in [0.15, 0.2) is 5.60 Å². The Balaban J connectivity index is 1.88. The van der Waals surface area contributed by atoms with Crippen LogP contribution in [0.25, 0.3) is 16.5 Å². The van der Waals surface area contributed by atoms with E-state index in [0.717, 1.165) is 0 Å².